The number of hydrogen-bond acceptors (Lipinski definition) is 4. The van der Waals surface area contributed by atoms with Crippen LogP contribution in [0.4, 0.5) is 0 Å². The van der Waals surface area contributed by atoms with Crippen LogP contribution in [0, 0.1) is 6.92 Å². The van der Waals surface area contributed by atoms with Crippen LogP contribution in [0.5, 0.6) is 0 Å². The third kappa shape index (κ3) is 4.09. The van der Waals surface area contributed by atoms with E-state index < -0.39 is 10.0 Å². The summed E-state index contributed by atoms with van der Waals surface area (Å²) in [5.74, 6) is 0.253. The third-order valence-electron chi connectivity index (χ3n) is 7.09. The molecule has 4 aromatic carbocycles. The normalized spacial score (nSPS) is 14.4. The lowest BCUT2D eigenvalue weighted by atomic mass is 10.0. The average Bonchev–Trinajstić information content (AvgIpc) is 3.32. The van der Waals surface area contributed by atoms with E-state index in [0.717, 1.165) is 48.7 Å². The first-order valence-corrected chi connectivity index (χ1v) is 14.0. The molecule has 1 aliphatic rings. The van der Waals surface area contributed by atoms with Crippen LogP contribution in [0.1, 0.15) is 35.2 Å². The number of piperidine rings is 1. The van der Waals surface area contributed by atoms with E-state index in [1.54, 1.807) is 42.5 Å². The van der Waals surface area contributed by atoms with Crippen LogP contribution >= 0.6 is 0 Å². The summed E-state index contributed by atoms with van der Waals surface area (Å²) >= 11 is 0. The van der Waals surface area contributed by atoms with E-state index in [1.165, 1.54) is 3.97 Å². The summed E-state index contributed by atoms with van der Waals surface area (Å²) < 4.78 is 29.6. The smallest absolute Gasteiger partial charge is 0.269 e. The first-order valence-electron chi connectivity index (χ1n) is 12.6. The number of carbonyl (C=O) groups excluding carboxylic acids is 1. The fraction of sp³-hybridized carbons (Fsp3) is 0.200. The van der Waals surface area contributed by atoms with Crippen molar-refractivity contribution < 1.29 is 13.2 Å². The van der Waals surface area contributed by atoms with Crippen molar-refractivity contribution in [3.8, 4) is 11.4 Å². The van der Waals surface area contributed by atoms with Gasteiger partial charge in [0.2, 0.25) is 0 Å². The molecule has 6 rings (SSSR count). The molecule has 0 unspecified atom stereocenters. The Balaban J connectivity index is 1.61. The Morgan fingerprint density at radius 2 is 1.57 bits per heavy atom. The summed E-state index contributed by atoms with van der Waals surface area (Å²) in [4.78, 5) is 20.1. The van der Waals surface area contributed by atoms with Crippen LogP contribution in [-0.2, 0) is 10.0 Å². The quantitative estimate of drug-likeness (QED) is 0.297. The van der Waals surface area contributed by atoms with Crippen molar-refractivity contribution in [3.63, 3.8) is 0 Å². The maximum atomic E-state index is 14.2. The molecule has 0 atom stereocenters. The Morgan fingerprint density at radius 3 is 2.35 bits per heavy atom. The predicted octanol–water partition coefficient (Wildman–Crippen LogP) is 6.03. The highest BCUT2D eigenvalue weighted by Crippen LogP contribution is 2.34. The van der Waals surface area contributed by atoms with E-state index in [1.807, 2.05) is 54.3 Å². The van der Waals surface area contributed by atoms with E-state index in [-0.39, 0.29) is 10.8 Å². The standard InChI is InChI=1S/C30H27N3O3S/c1-21-12-15-24(16-13-21)37(35,36)33-28-20-23(30(34)32-18-5-2-6-19-32)14-17-27(28)31-29(33)26-11-7-9-22-8-3-4-10-25(22)26/h3-4,7-17,20H,2,5-6,18-19H2,1H3. The molecule has 2 heterocycles. The number of aromatic nitrogens is 2. The maximum Gasteiger partial charge on any atom is 0.269 e. The summed E-state index contributed by atoms with van der Waals surface area (Å²) in [6.45, 7) is 3.36. The molecule has 7 heteroatoms. The van der Waals surface area contributed by atoms with Gasteiger partial charge in [-0.3, -0.25) is 4.79 Å². The summed E-state index contributed by atoms with van der Waals surface area (Å²) in [5, 5.41) is 1.90. The molecular weight excluding hydrogens is 482 g/mol. The summed E-state index contributed by atoms with van der Waals surface area (Å²) in [5.41, 5.74) is 3.08. The van der Waals surface area contributed by atoms with Gasteiger partial charge in [0, 0.05) is 24.2 Å². The van der Waals surface area contributed by atoms with E-state index >= 15 is 0 Å². The minimum Gasteiger partial charge on any atom is -0.339 e. The molecule has 0 bridgehead atoms. The van der Waals surface area contributed by atoms with E-state index in [2.05, 4.69) is 0 Å². The maximum absolute atomic E-state index is 14.2. The van der Waals surface area contributed by atoms with Gasteiger partial charge in [-0.1, -0.05) is 60.2 Å². The Labute approximate surface area is 216 Å². The van der Waals surface area contributed by atoms with Crippen molar-refractivity contribution in [3.05, 3.63) is 96.1 Å². The topological polar surface area (TPSA) is 72.3 Å². The molecule has 186 valence electrons. The molecular formula is C30H27N3O3S. The van der Waals surface area contributed by atoms with Gasteiger partial charge in [0.05, 0.1) is 15.9 Å². The van der Waals surface area contributed by atoms with E-state index in [4.69, 9.17) is 4.98 Å². The highest BCUT2D eigenvalue weighted by molar-refractivity contribution is 7.90. The molecule has 1 aliphatic heterocycles. The molecule has 1 saturated heterocycles. The minimum atomic E-state index is -4.02. The van der Waals surface area contributed by atoms with Crippen molar-refractivity contribution in [1.29, 1.82) is 0 Å². The van der Waals surface area contributed by atoms with Gasteiger partial charge in [0.15, 0.2) is 5.82 Å². The molecule has 6 nitrogen and oxygen atoms in total. The second kappa shape index (κ2) is 9.16. The Bertz CT molecular complexity index is 1740. The Hall–Kier alpha value is -3.97. The summed E-state index contributed by atoms with van der Waals surface area (Å²) in [6.07, 6.45) is 3.09. The monoisotopic (exact) mass is 509 g/mol. The van der Waals surface area contributed by atoms with Crippen molar-refractivity contribution in [2.75, 3.05) is 13.1 Å². The zero-order chi connectivity index (χ0) is 25.6. The first-order chi connectivity index (χ1) is 17.9. The van der Waals surface area contributed by atoms with Gasteiger partial charge in [0.1, 0.15) is 0 Å². The van der Waals surface area contributed by atoms with Gasteiger partial charge in [-0.25, -0.2) is 17.4 Å². The molecule has 1 amide bonds. The minimum absolute atomic E-state index is 0.0752. The number of rotatable bonds is 4. The number of aryl methyl sites for hydroxylation is 1. The van der Waals surface area contributed by atoms with Gasteiger partial charge in [-0.05, 0) is 67.3 Å². The van der Waals surface area contributed by atoms with Crippen LogP contribution in [0.25, 0.3) is 33.2 Å². The second-order valence-corrected chi connectivity index (χ2v) is 11.4. The van der Waals surface area contributed by atoms with E-state index in [0.29, 0.717) is 28.0 Å². The van der Waals surface area contributed by atoms with Crippen LogP contribution < -0.4 is 0 Å². The number of amides is 1. The number of imidazole rings is 1. The number of hydrogen-bond donors (Lipinski definition) is 0. The zero-order valence-electron chi connectivity index (χ0n) is 20.6. The number of benzene rings is 4. The molecule has 0 radical (unpaired) electrons. The molecule has 0 N–H and O–H groups in total. The highest BCUT2D eigenvalue weighted by atomic mass is 32.2. The van der Waals surface area contributed by atoms with Crippen LogP contribution in [0.2, 0.25) is 0 Å². The van der Waals surface area contributed by atoms with Gasteiger partial charge in [-0.15, -0.1) is 0 Å². The van der Waals surface area contributed by atoms with Gasteiger partial charge < -0.3 is 4.90 Å². The van der Waals surface area contributed by atoms with Crippen LogP contribution in [0.3, 0.4) is 0 Å². The molecule has 0 saturated carbocycles. The number of likely N-dealkylation sites (tertiary alicyclic amines) is 1. The predicted molar refractivity (Wildman–Crippen MR) is 146 cm³/mol. The Kier molecular flexibility index (Phi) is 5.80. The van der Waals surface area contributed by atoms with Gasteiger partial charge in [0.25, 0.3) is 15.9 Å². The molecule has 0 spiro atoms. The highest BCUT2D eigenvalue weighted by Gasteiger charge is 2.27. The lowest BCUT2D eigenvalue weighted by Gasteiger charge is -2.26. The third-order valence-corrected chi connectivity index (χ3v) is 8.81. The van der Waals surface area contributed by atoms with Crippen molar-refractivity contribution in [1.82, 2.24) is 13.9 Å². The van der Waals surface area contributed by atoms with Crippen LogP contribution in [0.15, 0.2) is 89.8 Å². The Morgan fingerprint density at radius 1 is 0.838 bits per heavy atom. The van der Waals surface area contributed by atoms with Gasteiger partial charge in [-0.2, -0.15) is 0 Å². The SMILES string of the molecule is Cc1ccc(S(=O)(=O)n2c(-c3cccc4ccccc34)nc3ccc(C(=O)N4CCCCC4)cc32)cc1. The van der Waals surface area contributed by atoms with Crippen LogP contribution in [-0.4, -0.2) is 41.3 Å². The fourth-order valence-corrected chi connectivity index (χ4v) is 6.58. The summed E-state index contributed by atoms with van der Waals surface area (Å²) in [7, 11) is -4.02. The van der Waals surface area contributed by atoms with Crippen molar-refractivity contribution in [2.45, 2.75) is 31.1 Å². The first kappa shape index (κ1) is 23.4. The molecule has 0 aliphatic carbocycles. The second-order valence-electron chi connectivity index (χ2n) is 9.60. The number of fused-ring (bicyclic) bond motifs is 2. The molecule has 37 heavy (non-hydrogen) atoms. The lowest BCUT2D eigenvalue weighted by molar-refractivity contribution is 0.0724. The van der Waals surface area contributed by atoms with Crippen molar-refractivity contribution >= 4 is 37.7 Å². The summed E-state index contributed by atoms with van der Waals surface area (Å²) in [6, 6.07) is 25.6. The average molecular weight is 510 g/mol. The number of carbonyl (C=O) groups is 1. The molecule has 1 fully saturated rings. The molecule has 5 aromatic rings. The largest absolute Gasteiger partial charge is 0.339 e. The number of nitrogens with zero attached hydrogens (tertiary/aromatic N) is 3. The molecule has 1 aromatic heterocycles. The lowest BCUT2D eigenvalue weighted by Crippen LogP contribution is -2.35. The fourth-order valence-electron chi connectivity index (χ4n) is 5.12. The van der Waals surface area contributed by atoms with E-state index in [9.17, 15) is 13.2 Å². The zero-order valence-corrected chi connectivity index (χ0v) is 21.4. The van der Waals surface area contributed by atoms with Gasteiger partial charge >= 0.3 is 0 Å². The van der Waals surface area contributed by atoms with Crippen molar-refractivity contribution in [2.24, 2.45) is 0 Å².